The number of hydrogen-bond donors (Lipinski definition) is 1. The van der Waals surface area contributed by atoms with Crippen molar-refractivity contribution in [1.82, 2.24) is 0 Å². The molecule has 5 nitrogen and oxygen atoms in total. The molecule has 0 saturated carbocycles. The molecule has 154 valence electrons. The van der Waals surface area contributed by atoms with Gasteiger partial charge in [-0.1, -0.05) is 19.9 Å². The first-order chi connectivity index (χ1) is 14.4. The highest BCUT2D eigenvalue weighted by Crippen LogP contribution is 2.50. The van der Waals surface area contributed by atoms with Gasteiger partial charge in [-0.2, -0.15) is 4.57 Å². The average Bonchev–Trinajstić information content (AvgIpc) is 3.05. The number of esters is 1. The highest BCUT2D eigenvalue weighted by Gasteiger charge is 2.66. The molecule has 6 heteroatoms. The van der Waals surface area contributed by atoms with Crippen LogP contribution in [0.1, 0.15) is 61.6 Å². The molecule has 1 spiro atoms. The third-order valence-corrected chi connectivity index (χ3v) is 6.57. The summed E-state index contributed by atoms with van der Waals surface area (Å²) in [6.07, 6.45) is 6.92. The number of pyridine rings is 1. The van der Waals surface area contributed by atoms with E-state index in [1.54, 1.807) is 31.3 Å². The molecule has 30 heavy (non-hydrogen) atoms. The van der Waals surface area contributed by atoms with Gasteiger partial charge in [-0.15, -0.1) is 0 Å². The van der Waals surface area contributed by atoms with Crippen molar-refractivity contribution in [3.8, 4) is 0 Å². The van der Waals surface area contributed by atoms with E-state index in [0.717, 1.165) is 0 Å². The maximum atomic E-state index is 14.6. The topological polar surface area (TPSA) is 66.4 Å². The lowest BCUT2D eigenvalue weighted by atomic mass is 9.64. The van der Waals surface area contributed by atoms with E-state index in [2.05, 4.69) is 4.99 Å². The summed E-state index contributed by atoms with van der Waals surface area (Å²) in [7, 11) is 0. The molecular weight excluding hydrogens is 381 g/mol. The van der Waals surface area contributed by atoms with E-state index in [1.165, 1.54) is 12.1 Å². The molecule has 1 atom stereocenters. The highest BCUT2D eigenvalue weighted by atomic mass is 19.1. The van der Waals surface area contributed by atoms with Gasteiger partial charge in [0.05, 0.1) is 17.8 Å². The smallest absolute Gasteiger partial charge is 0.391 e. The van der Waals surface area contributed by atoms with E-state index in [9.17, 15) is 9.18 Å². The number of carbonyl (C=O) groups is 1. The standard InChI is InChI=1S/C24H25FN3O2/c1-4-23(5-2)19-15-17(25)10-11-18(19)21(26)16(3)27-13-8-12-24(23)28-14-7-6-9-20(28)22(29)30-24/h6-11,13-15,26H,4-5,12H2,1-3H3/q+1/b13-8-,26-21?,27-16?/t24-/m0/s1. The zero-order valence-corrected chi connectivity index (χ0v) is 17.4. The average molecular weight is 406 g/mol. The van der Waals surface area contributed by atoms with E-state index in [1.807, 2.05) is 36.8 Å². The second-order valence-corrected chi connectivity index (χ2v) is 7.79. The fourth-order valence-electron chi connectivity index (χ4n) is 5.00. The lowest BCUT2D eigenvalue weighted by molar-refractivity contribution is -0.801. The first-order valence-electron chi connectivity index (χ1n) is 10.2. The van der Waals surface area contributed by atoms with Crippen LogP contribution in [0.4, 0.5) is 4.39 Å². The summed E-state index contributed by atoms with van der Waals surface area (Å²) in [5, 5.41) is 8.72. The van der Waals surface area contributed by atoms with Crippen molar-refractivity contribution in [2.24, 2.45) is 4.99 Å². The number of benzene rings is 1. The van der Waals surface area contributed by atoms with Crippen LogP contribution in [0.3, 0.4) is 0 Å². The maximum Gasteiger partial charge on any atom is 0.409 e. The molecule has 0 unspecified atom stereocenters. The number of aliphatic imine (C=N–C) groups is 1. The van der Waals surface area contributed by atoms with Crippen LogP contribution in [-0.4, -0.2) is 17.4 Å². The molecule has 0 saturated heterocycles. The quantitative estimate of drug-likeness (QED) is 0.592. The van der Waals surface area contributed by atoms with Crippen molar-refractivity contribution >= 4 is 17.4 Å². The first kappa shape index (κ1) is 20.1. The zero-order valence-electron chi connectivity index (χ0n) is 17.4. The van der Waals surface area contributed by atoms with Gasteiger partial charge in [-0.05, 0) is 49.6 Å². The molecule has 0 aliphatic carbocycles. The van der Waals surface area contributed by atoms with Crippen molar-refractivity contribution in [2.75, 3.05) is 0 Å². The van der Waals surface area contributed by atoms with E-state index < -0.39 is 17.1 Å². The van der Waals surface area contributed by atoms with Crippen LogP contribution in [0.25, 0.3) is 0 Å². The summed E-state index contributed by atoms with van der Waals surface area (Å²) in [4.78, 5) is 17.3. The number of aromatic nitrogens is 1. The molecule has 0 fully saturated rings. The Kier molecular flexibility index (Phi) is 4.88. The molecule has 1 N–H and O–H groups in total. The Bertz CT molecular complexity index is 1100. The number of ether oxygens (including phenoxy) is 1. The van der Waals surface area contributed by atoms with Crippen molar-refractivity contribution in [2.45, 2.75) is 51.2 Å². The number of halogens is 1. The van der Waals surface area contributed by atoms with Gasteiger partial charge < -0.3 is 4.74 Å². The monoisotopic (exact) mass is 406 g/mol. The summed E-state index contributed by atoms with van der Waals surface area (Å²) >= 11 is 0. The minimum atomic E-state index is -1.09. The van der Waals surface area contributed by atoms with Crippen LogP contribution in [0.15, 0.2) is 59.9 Å². The number of hydrogen-bond acceptors (Lipinski definition) is 4. The number of nitrogens with zero attached hydrogens (tertiary/aromatic N) is 2. The first-order valence-corrected chi connectivity index (χ1v) is 10.2. The molecule has 2 aliphatic rings. The van der Waals surface area contributed by atoms with Crippen molar-refractivity contribution in [1.29, 1.82) is 5.41 Å². The second-order valence-electron chi connectivity index (χ2n) is 7.79. The van der Waals surface area contributed by atoms with Gasteiger partial charge >= 0.3 is 11.7 Å². The summed E-state index contributed by atoms with van der Waals surface area (Å²) in [6, 6.07) is 9.91. The third-order valence-electron chi connectivity index (χ3n) is 6.57. The van der Waals surface area contributed by atoms with Crippen LogP contribution >= 0.6 is 0 Å². The molecule has 1 aromatic carbocycles. The maximum absolute atomic E-state index is 14.6. The van der Waals surface area contributed by atoms with Gasteiger partial charge in [0.25, 0.3) is 5.69 Å². The SMILES string of the molecule is CCC1(CC)c2cc(F)ccc2C(=N)C(C)=N/C=C\C[C@]12OC(=O)c1cccc[n+]12. The molecule has 2 aliphatic heterocycles. The largest absolute Gasteiger partial charge is 0.409 e. The van der Waals surface area contributed by atoms with Gasteiger partial charge in [-0.25, -0.2) is 9.18 Å². The molecular formula is C24H25FN3O2+. The van der Waals surface area contributed by atoms with Crippen LogP contribution in [-0.2, 0) is 15.9 Å². The van der Waals surface area contributed by atoms with Crippen molar-refractivity contribution in [3.63, 3.8) is 0 Å². The summed E-state index contributed by atoms with van der Waals surface area (Å²) in [6.45, 7) is 5.82. The number of rotatable bonds is 2. The Balaban J connectivity index is 2.13. The molecule has 1 aromatic heterocycles. The van der Waals surface area contributed by atoms with Crippen molar-refractivity contribution < 1.29 is 18.5 Å². The van der Waals surface area contributed by atoms with Crippen LogP contribution < -0.4 is 4.57 Å². The van der Waals surface area contributed by atoms with Crippen LogP contribution in [0.2, 0.25) is 0 Å². The van der Waals surface area contributed by atoms with E-state index in [-0.39, 0.29) is 11.5 Å². The molecule has 0 radical (unpaired) electrons. The number of nitrogens with one attached hydrogen (secondary N) is 1. The number of fused-ring (bicyclic) bond motifs is 3. The van der Waals surface area contributed by atoms with E-state index in [0.29, 0.717) is 41.8 Å². The van der Waals surface area contributed by atoms with Crippen molar-refractivity contribution in [3.05, 3.63) is 77.5 Å². The van der Waals surface area contributed by atoms with Gasteiger partial charge in [-0.3, -0.25) is 10.4 Å². The fraction of sp³-hybridized carbons (Fsp3) is 0.333. The third kappa shape index (κ3) is 2.66. The normalized spacial score (nSPS) is 23.4. The minimum absolute atomic E-state index is 0.237. The summed E-state index contributed by atoms with van der Waals surface area (Å²) < 4.78 is 22.6. The molecule has 0 bridgehead atoms. The predicted octanol–water partition coefficient (Wildman–Crippen LogP) is 4.44. The van der Waals surface area contributed by atoms with E-state index in [4.69, 9.17) is 10.1 Å². The minimum Gasteiger partial charge on any atom is -0.391 e. The fourth-order valence-corrected chi connectivity index (χ4v) is 5.00. The second kappa shape index (κ2) is 7.27. The Labute approximate surface area is 175 Å². The Morgan fingerprint density at radius 1 is 1.23 bits per heavy atom. The zero-order chi connectivity index (χ0) is 21.5. The number of carbonyl (C=O) groups excluding carboxylic acids is 1. The van der Waals surface area contributed by atoms with Gasteiger partial charge in [0, 0.05) is 23.9 Å². The predicted molar refractivity (Wildman–Crippen MR) is 112 cm³/mol. The lowest BCUT2D eigenvalue weighted by Crippen LogP contribution is -2.66. The highest BCUT2D eigenvalue weighted by molar-refractivity contribution is 6.46. The Hall–Kier alpha value is -3.15. The molecule has 4 rings (SSSR count). The molecule has 3 heterocycles. The van der Waals surface area contributed by atoms with Crippen LogP contribution in [0, 0.1) is 11.2 Å². The van der Waals surface area contributed by atoms with E-state index >= 15 is 0 Å². The van der Waals surface area contributed by atoms with Crippen LogP contribution in [0.5, 0.6) is 0 Å². The molecule has 2 aromatic rings. The Morgan fingerprint density at radius 3 is 2.73 bits per heavy atom. The van der Waals surface area contributed by atoms with Gasteiger partial charge in [0.2, 0.25) is 0 Å². The lowest BCUT2D eigenvalue weighted by Gasteiger charge is -2.42. The van der Waals surface area contributed by atoms with Gasteiger partial charge in [0.1, 0.15) is 11.2 Å². The summed E-state index contributed by atoms with van der Waals surface area (Å²) in [5.74, 6) is -0.784. The Morgan fingerprint density at radius 2 is 2.00 bits per heavy atom. The van der Waals surface area contributed by atoms with Gasteiger partial charge in [0.15, 0.2) is 6.20 Å². The summed E-state index contributed by atoms with van der Waals surface area (Å²) in [5.41, 5.74) is 0.669. The molecule has 0 amide bonds.